The summed E-state index contributed by atoms with van der Waals surface area (Å²) in [7, 11) is 0. The molecule has 0 heterocycles. The summed E-state index contributed by atoms with van der Waals surface area (Å²) < 4.78 is 0.988. The zero-order valence-electron chi connectivity index (χ0n) is 10.7. The number of halogens is 2. The number of nitrogens with two attached hydrogens (primary N) is 1. The predicted molar refractivity (Wildman–Crippen MR) is 84.1 cm³/mol. The molecule has 0 saturated heterocycles. The molecule has 0 aliphatic heterocycles. The van der Waals surface area contributed by atoms with Crippen LogP contribution in [0.4, 0.5) is 0 Å². The summed E-state index contributed by atoms with van der Waals surface area (Å²) in [5.74, 6) is 5.73. The predicted octanol–water partition coefficient (Wildman–Crippen LogP) is 4.22. The van der Waals surface area contributed by atoms with Crippen molar-refractivity contribution in [3.8, 4) is 0 Å². The summed E-state index contributed by atoms with van der Waals surface area (Å²) in [5, 5.41) is 0.699. The molecule has 19 heavy (non-hydrogen) atoms. The van der Waals surface area contributed by atoms with Crippen LogP contribution in [-0.4, -0.2) is 0 Å². The first-order valence-corrected chi connectivity index (χ1v) is 7.32. The lowest BCUT2D eigenvalue weighted by Gasteiger charge is -2.19. The van der Waals surface area contributed by atoms with Gasteiger partial charge >= 0.3 is 0 Å². The molecule has 4 heteroatoms. The van der Waals surface area contributed by atoms with Crippen molar-refractivity contribution in [1.82, 2.24) is 5.43 Å². The van der Waals surface area contributed by atoms with Gasteiger partial charge in [0.15, 0.2) is 0 Å². The monoisotopic (exact) mass is 338 g/mol. The average molecular weight is 340 g/mol. The van der Waals surface area contributed by atoms with Gasteiger partial charge in [-0.1, -0.05) is 58.7 Å². The molecule has 0 fully saturated rings. The summed E-state index contributed by atoms with van der Waals surface area (Å²) >= 11 is 9.63. The lowest BCUT2D eigenvalue weighted by Crippen LogP contribution is -2.29. The van der Waals surface area contributed by atoms with Crippen LogP contribution in [-0.2, 0) is 6.42 Å². The SMILES string of the molecule is CCc1cccc(C(NN)c2cc(Cl)ccc2Br)c1. The second-order valence-electron chi connectivity index (χ2n) is 4.36. The molecule has 2 aromatic carbocycles. The first-order chi connectivity index (χ1) is 9.15. The molecule has 0 aliphatic rings. The van der Waals surface area contributed by atoms with E-state index in [0.29, 0.717) is 5.02 Å². The van der Waals surface area contributed by atoms with E-state index < -0.39 is 0 Å². The fourth-order valence-electron chi connectivity index (χ4n) is 2.09. The molecule has 3 N–H and O–H groups in total. The van der Waals surface area contributed by atoms with Gasteiger partial charge in [-0.25, -0.2) is 5.43 Å². The van der Waals surface area contributed by atoms with Crippen molar-refractivity contribution in [2.75, 3.05) is 0 Å². The number of benzene rings is 2. The summed E-state index contributed by atoms with van der Waals surface area (Å²) in [6.07, 6.45) is 1.00. The highest BCUT2D eigenvalue weighted by atomic mass is 79.9. The summed E-state index contributed by atoms with van der Waals surface area (Å²) in [5.41, 5.74) is 6.31. The molecular weight excluding hydrogens is 324 g/mol. The average Bonchev–Trinajstić information content (AvgIpc) is 2.44. The number of hydrogen-bond donors (Lipinski definition) is 2. The Labute approximate surface area is 127 Å². The van der Waals surface area contributed by atoms with Crippen LogP contribution in [0.25, 0.3) is 0 Å². The molecule has 0 saturated carbocycles. The second kappa shape index (κ2) is 6.53. The minimum atomic E-state index is -0.0837. The lowest BCUT2D eigenvalue weighted by molar-refractivity contribution is 0.634. The minimum absolute atomic E-state index is 0.0837. The van der Waals surface area contributed by atoms with E-state index in [1.807, 2.05) is 18.2 Å². The van der Waals surface area contributed by atoms with Gasteiger partial charge in [0.25, 0.3) is 0 Å². The molecule has 0 amide bonds. The highest BCUT2D eigenvalue weighted by Crippen LogP contribution is 2.30. The van der Waals surface area contributed by atoms with Crippen molar-refractivity contribution in [1.29, 1.82) is 0 Å². The van der Waals surface area contributed by atoms with Gasteiger partial charge in [0, 0.05) is 9.50 Å². The minimum Gasteiger partial charge on any atom is -0.271 e. The normalized spacial score (nSPS) is 12.4. The van der Waals surface area contributed by atoms with Crippen LogP contribution in [0.15, 0.2) is 46.9 Å². The van der Waals surface area contributed by atoms with Crippen molar-refractivity contribution in [3.63, 3.8) is 0 Å². The Hall–Kier alpha value is -0.870. The molecule has 0 aromatic heterocycles. The van der Waals surface area contributed by atoms with E-state index >= 15 is 0 Å². The Bertz CT molecular complexity index is 572. The molecule has 100 valence electrons. The topological polar surface area (TPSA) is 38.0 Å². The maximum absolute atomic E-state index is 6.07. The number of aryl methyl sites for hydroxylation is 1. The van der Waals surface area contributed by atoms with Crippen LogP contribution >= 0.6 is 27.5 Å². The number of hydrogen-bond acceptors (Lipinski definition) is 2. The van der Waals surface area contributed by atoms with Crippen molar-refractivity contribution < 1.29 is 0 Å². The first kappa shape index (κ1) is 14.5. The second-order valence-corrected chi connectivity index (χ2v) is 5.65. The van der Waals surface area contributed by atoms with Gasteiger partial charge in [-0.3, -0.25) is 5.84 Å². The van der Waals surface area contributed by atoms with Crippen LogP contribution in [0, 0.1) is 0 Å². The van der Waals surface area contributed by atoms with Gasteiger partial charge in [-0.15, -0.1) is 0 Å². The van der Waals surface area contributed by atoms with Crippen molar-refractivity contribution in [3.05, 3.63) is 68.7 Å². The van der Waals surface area contributed by atoms with E-state index in [9.17, 15) is 0 Å². The van der Waals surface area contributed by atoms with Gasteiger partial charge in [0.1, 0.15) is 0 Å². The third kappa shape index (κ3) is 3.37. The molecule has 2 rings (SSSR count). The number of hydrazine groups is 1. The molecule has 1 unspecified atom stereocenters. The molecule has 0 aliphatic carbocycles. The van der Waals surface area contributed by atoms with Crippen LogP contribution in [0.5, 0.6) is 0 Å². The van der Waals surface area contributed by atoms with Crippen molar-refractivity contribution in [2.45, 2.75) is 19.4 Å². The number of nitrogens with one attached hydrogen (secondary N) is 1. The van der Waals surface area contributed by atoms with E-state index in [1.54, 1.807) is 0 Å². The standard InChI is InChI=1S/C15H16BrClN2/c1-2-10-4-3-5-11(8-10)15(19-18)13-9-12(17)6-7-14(13)16/h3-9,15,19H,2,18H2,1H3. The molecular formula is C15H16BrClN2. The summed E-state index contributed by atoms with van der Waals surface area (Å²) in [6.45, 7) is 2.14. The van der Waals surface area contributed by atoms with Crippen molar-refractivity contribution in [2.24, 2.45) is 5.84 Å². The smallest absolute Gasteiger partial charge is 0.0721 e. The van der Waals surface area contributed by atoms with Crippen LogP contribution in [0.3, 0.4) is 0 Å². The maximum atomic E-state index is 6.07. The number of rotatable bonds is 4. The van der Waals surface area contributed by atoms with E-state index in [0.717, 1.165) is 22.0 Å². The Morgan fingerprint density at radius 2 is 2.05 bits per heavy atom. The van der Waals surface area contributed by atoms with Crippen molar-refractivity contribution >= 4 is 27.5 Å². The summed E-state index contributed by atoms with van der Waals surface area (Å²) in [6, 6.07) is 14.0. The fourth-order valence-corrected chi connectivity index (χ4v) is 2.75. The molecule has 0 bridgehead atoms. The summed E-state index contributed by atoms with van der Waals surface area (Å²) in [4.78, 5) is 0. The largest absolute Gasteiger partial charge is 0.271 e. The maximum Gasteiger partial charge on any atom is 0.0721 e. The quantitative estimate of drug-likeness (QED) is 0.646. The Balaban J connectivity index is 2.46. The third-order valence-electron chi connectivity index (χ3n) is 3.13. The third-order valence-corrected chi connectivity index (χ3v) is 4.09. The zero-order chi connectivity index (χ0) is 13.8. The molecule has 0 spiro atoms. The fraction of sp³-hybridized carbons (Fsp3) is 0.200. The zero-order valence-corrected chi connectivity index (χ0v) is 13.0. The van der Waals surface area contributed by atoms with Gasteiger partial charge in [0.05, 0.1) is 6.04 Å². The van der Waals surface area contributed by atoms with Gasteiger partial charge in [-0.2, -0.15) is 0 Å². The Kier molecular flexibility index (Phi) is 4.99. The van der Waals surface area contributed by atoms with Gasteiger partial charge in [0.2, 0.25) is 0 Å². The molecule has 2 nitrogen and oxygen atoms in total. The highest BCUT2D eigenvalue weighted by Gasteiger charge is 2.16. The highest BCUT2D eigenvalue weighted by molar-refractivity contribution is 9.10. The van der Waals surface area contributed by atoms with E-state index in [2.05, 4.69) is 52.5 Å². The van der Waals surface area contributed by atoms with E-state index in [1.165, 1.54) is 5.56 Å². The molecule has 2 aromatic rings. The van der Waals surface area contributed by atoms with Gasteiger partial charge < -0.3 is 0 Å². The van der Waals surface area contributed by atoms with Crippen LogP contribution in [0.1, 0.15) is 29.7 Å². The van der Waals surface area contributed by atoms with Crippen LogP contribution < -0.4 is 11.3 Å². The Morgan fingerprint density at radius 1 is 1.26 bits per heavy atom. The molecule has 1 atom stereocenters. The van der Waals surface area contributed by atoms with Crippen LogP contribution in [0.2, 0.25) is 5.02 Å². The van der Waals surface area contributed by atoms with E-state index in [4.69, 9.17) is 17.4 Å². The van der Waals surface area contributed by atoms with Gasteiger partial charge in [-0.05, 0) is 41.3 Å². The first-order valence-electron chi connectivity index (χ1n) is 6.15. The lowest BCUT2D eigenvalue weighted by atomic mass is 9.97. The Morgan fingerprint density at radius 3 is 2.74 bits per heavy atom. The van der Waals surface area contributed by atoms with E-state index in [-0.39, 0.29) is 6.04 Å². The molecule has 0 radical (unpaired) electrons.